The zero-order valence-electron chi connectivity index (χ0n) is 14.0. The molecule has 0 N–H and O–H groups in total. The Morgan fingerprint density at radius 3 is 2.58 bits per heavy atom. The number of hydrogen-bond acceptors (Lipinski definition) is 5. The summed E-state index contributed by atoms with van der Waals surface area (Å²) in [6.07, 6.45) is 4.14. The van der Waals surface area contributed by atoms with E-state index in [9.17, 15) is 4.79 Å². The van der Waals surface area contributed by atoms with Gasteiger partial charge in [0.15, 0.2) is 5.78 Å². The van der Waals surface area contributed by atoms with Gasteiger partial charge in [-0.1, -0.05) is 13.0 Å². The zero-order valence-corrected chi connectivity index (χ0v) is 14.0. The lowest BCUT2D eigenvalue weighted by Crippen LogP contribution is -2.41. The van der Waals surface area contributed by atoms with E-state index in [-0.39, 0.29) is 5.78 Å². The fourth-order valence-corrected chi connectivity index (χ4v) is 2.74. The predicted molar refractivity (Wildman–Crippen MR) is 95.3 cm³/mol. The van der Waals surface area contributed by atoms with Crippen molar-refractivity contribution in [2.45, 2.75) is 13.3 Å². The molecule has 1 aliphatic heterocycles. The molecule has 3 rings (SSSR count). The molecule has 0 saturated carbocycles. The van der Waals surface area contributed by atoms with Gasteiger partial charge in [-0.3, -0.25) is 4.79 Å². The number of allylic oxidation sites excluding steroid dienone is 1. The van der Waals surface area contributed by atoms with Crippen molar-refractivity contribution in [3.05, 3.63) is 60.6 Å². The molecule has 0 unspecified atom stereocenters. The van der Waals surface area contributed by atoms with E-state index in [0.717, 1.165) is 23.8 Å². The first-order valence-corrected chi connectivity index (χ1v) is 8.07. The molecule has 0 fully saturated rings. The maximum absolute atomic E-state index is 12.4. The number of pyridine rings is 1. The van der Waals surface area contributed by atoms with E-state index in [4.69, 9.17) is 4.74 Å². The lowest BCUT2D eigenvalue weighted by molar-refractivity contribution is -0.115. The van der Waals surface area contributed by atoms with E-state index in [2.05, 4.69) is 9.88 Å². The highest BCUT2D eigenvalue weighted by Gasteiger charge is 2.25. The lowest BCUT2D eigenvalue weighted by Gasteiger charge is -2.35. The molecule has 2 aromatic rings. The van der Waals surface area contributed by atoms with Gasteiger partial charge in [-0.2, -0.15) is 0 Å². The first-order valence-electron chi connectivity index (χ1n) is 8.07. The lowest BCUT2D eigenvalue weighted by atomic mass is 10.1. The Kier molecular flexibility index (Phi) is 4.79. The van der Waals surface area contributed by atoms with Gasteiger partial charge in [-0.15, -0.1) is 0 Å². The van der Waals surface area contributed by atoms with Crippen molar-refractivity contribution in [3.63, 3.8) is 0 Å². The van der Waals surface area contributed by atoms with Crippen molar-refractivity contribution >= 4 is 17.3 Å². The summed E-state index contributed by atoms with van der Waals surface area (Å²) in [7, 11) is 1.65. The first-order chi connectivity index (χ1) is 11.7. The monoisotopic (exact) mass is 323 g/mol. The van der Waals surface area contributed by atoms with Crippen LogP contribution in [0.1, 0.15) is 13.3 Å². The normalized spacial score (nSPS) is 14.3. The van der Waals surface area contributed by atoms with Crippen molar-refractivity contribution in [2.75, 3.05) is 30.0 Å². The molecule has 5 heteroatoms. The Bertz CT molecular complexity index is 726. The van der Waals surface area contributed by atoms with Gasteiger partial charge in [0.2, 0.25) is 0 Å². The van der Waals surface area contributed by atoms with Crippen molar-refractivity contribution in [3.8, 4) is 5.75 Å². The largest absolute Gasteiger partial charge is 0.497 e. The summed E-state index contributed by atoms with van der Waals surface area (Å²) in [4.78, 5) is 20.9. The maximum atomic E-state index is 12.4. The van der Waals surface area contributed by atoms with E-state index < -0.39 is 0 Å². The van der Waals surface area contributed by atoms with Crippen LogP contribution in [0.25, 0.3) is 0 Å². The molecule has 1 aromatic carbocycles. The average molecular weight is 323 g/mol. The number of hydrogen-bond donors (Lipinski definition) is 0. The fourth-order valence-electron chi connectivity index (χ4n) is 2.74. The Morgan fingerprint density at radius 2 is 1.96 bits per heavy atom. The van der Waals surface area contributed by atoms with Gasteiger partial charge in [0.25, 0.3) is 0 Å². The summed E-state index contributed by atoms with van der Waals surface area (Å²) in [5, 5.41) is 0. The second kappa shape index (κ2) is 7.17. The molecular weight excluding hydrogens is 302 g/mol. The summed E-state index contributed by atoms with van der Waals surface area (Å²) in [6.45, 7) is 3.37. The minimum absolute atomic E-state index is 0.110. The Hall–Kier alpha value is -2.82. The van der Waals surface area contributed by atoms with E-state index in [1.807, 2.05) is 60.5 Å². The summed E-state index contributed by atoms with van der Waals surface area (Å²) >= 11 is 0. The number of rotatable bonds is 5. The van der Waals surface area contributed by atoms with Crippen molar-refractivity contribution in [1.29, 1.82) is 0 Å². The fraction of sp³-hybridized carbons (Fsp3) is 0.263. The summed E-state index contributed by atoms with van der Waals surface area (Å²) in [5.74, 6) is 1.73. The molecule has 1 aromatic heterocycles. The van der Waals surface area contributed by atoms with Crippen LogP contribution in [0.15, 0.2) is 60.6 Å². The number of ether oxygens (including phenoxy) is 1. The number of nitrogens with zero attached hydrogens (tertiary/aromatic N) is 3. The van der Waals surface area contributed by atoms with Gasteiger partial charge in [0.1, 0.15) is 17.3 Å². The molecule has 0 atom stereocenters. The smallest absolute Gasteiger partial charge is 0.180 e. The van der Waals surface area contributed by atoms with E-state index >= 15 is 0 Å². The summed E-state index contributed by atoms with van der Waals surface area (Å²) in [6, 6.07) is 13.6. The molecule has 24 heavy (non-hydrogen) atoms. The maximum Gasteiger partial charge on any atom is 0.180 e. The molecule has 0 aliphatic carbocycles. The Balaban J connectivity index is 1.92. The molecule has 1 aliphatic rings. The highest BCUT2D eigenvalue weighted by atomic mass is 16.5. The van der Waals surface area contributed by atoms with Crippen LogP contribution in [0.5, 0.6) is 5.75 Å². The third-order valence-electron chi connectivity index (χ3n) is 4.07. The van der Waals surface area contributed by atoms with Gasteiger partial charge >= 0.3 is 0 Å². The van der Waals surface area contributed by atoms with Crippen molar-refractivity contribution in [1.82, 2.24) is 4.98 Å². The van der Waals surface area contributed by atoms with Gasteiger partial charge in [0.05, 0.1) is 7.11 Å². The molecule has 0 spiro atoms. The molecule has 0 bridgehead atoms. The van der Waals surface area contributed by atoms with Crippen LogP contribution >= 0.6 is 0 Å². The van der Waals surface area contributed by atoms with Crippen molar-refractivity contribution in [2.24, 2.45) is 0 Å². The molecule has 0 amide bonds. The van der Waals surface area contributed by atoms with Crippen LogP contribution in [0.2, 0.25) is 0 Å². The van der Waals surface area contributed by atoms with Crippen LogP contribution in [0.3, 0.4) is 0 Å². The molecule has 2 heterocycles. The number of aromatic nitrogens is 1. The van der Waals surface area contributed by atoms with Gasteiger partial charge < -0.3 is 14.5 Å². The molecular formula is C19H21N3O2. The summed E-state index contributed by atoms with van der Waals surface area (Å²) < 4.78 is 5.20. The van der Waals surface area contributed by atoms with Crippen LogP contribution in [0, 0.1) is 0 Å². The average Bonchev–Trinajstić information content (AvgIpc) is 2.67. The number of benzene rings is 1. The van der Waals surface area contributed by atoms with Crippen LogP contribution in [-0.4, -0.2) is 31.0 Å². The predicted octanol–water partition coefficient (Wildman–Crippen LogP) is 3.24. The molecule has 0 saturated heterocycles. The highest BCUT2D eigenvalue weighted by Crippen LogP contribution is 2.26. The number of carbonyl (C=O) groups is 1. The van der Waals surface area contributed by atoms with Crippen LogP contribution in [0.4, 0.5) is 11.5 Å². The van der Waals surface area contributed by atoms with Crippen LogP contribution in [-0.2, 0) is 4.79 Å². The SMILES string of the molecule is CCC(=O)C1=CN(c2ccc(OC)cc2)CCN1c1ccccn1. The Morgan fingerprint density at radius 1 is 1.17 bits per heavy atom. The van der Waals surface area contributed by atoms with Gasteiger partial charge in [-0.05, 0) is 36.4 Å². The molecule has 124 valence electrons. The van der Waals surface area contributed by atoms with E-state index in [1.165, 1.54) is 0 Å². The van der Waals surface area contributed by atoms with Crippen molar-refractivity contribution < 1.29 is 9.53 Å². The quantitative estimate of drug-likeness (QED) is 0.845. The highest BCUT2D eigenvalue weighted by molar-refractivity contribution is 5.99. The second-order valence-corrected chi connectivity index (χ2v) is 5.52. The molecule has 5 nitrogen and oxygen atoms in total. The second-order valence-electron chi connectivity index (χ2n) is 5.52. The third kappa shape index (κ3) is 3.25. The number of anilines is 2. The number of ketones is 1. The number of Topliss-reactive ketones (excluding diaryl/α,β-unsaturated/α-hetero) is 1. The van der Waals surface area contributed by atoms with Gasteiger partial charge in [-0.25, -0.2) is 4.98 Å². The van der Waals surface area contributed by atoms with Crippen LogP contribution < -0.4 is 14.5 Å². The Labute approximate surface area is 142 Å². The zero-order chi connectivity index (χ0) is 16.9. The minimum Gasteiger partial charge on any atom is -0.497 e. The number of carbonyl (C=O) groups excluding carboxylic acids is 1. The van der Waals surface area contributed by atoms with E-state index in [0.29, 0.717) is 18.7 Å². The summed E-state index contributed by atoms with van der Waals surface area (Å²) in [5.41, 5.74) is 1.72. The topological polar surface area (TPSA) is 45.7 Å². The molecule has 0 radical (unpaired) electrons. The standard InChI is InChI=1S/C19H21N3O2/c1-3-18(23)17-14-21(15-7-9-16(24-2)10-8-15)12-13-22(17)19-6-4-5-11-20-19/h4-11,14H,3,12-13H2,1-2H3. The third-order valence-corrected chi connectivity index (χ3v) is 4.07. The van der Waals surface area contributed by atoms with Gasteiger partial charge in [0, 0.05) is 37.6 Å². The number of methoxy groups -OCH3 is 1. The minimum atomic E-state index is 0.110. The first kappa shape index (κ1) is 16.1. The van der Waals surface area contributed by atoms with E-state index in [1.54, 1.807) is 13.3 Å².